The van der Waals surface area contributed by atoms with E-state index < -0.39 is 29.0 Å². The van der Waals surface area contributed by atoms with E-state index in [1.54, 1.807) is 13.8 Å². The average molecular weight is 275 g/mol. The topological polar surface area (TPSA) is 66.9 Å². The third kappa shape index (κ3) is 3.25. The first-order chi connectivity index (χ1) is 7.88. The fourth-order valence-electron chi connectivity index (χ4n) is 1.32. The van der Waals surface area contributed by atoms with Crippen LogP contribution in [0.4, 0.5) is 8.78 Å². The van der Waals surface area contributed by atoms with Gasteiger partial charge in [-0.05, 0) is 18.1 Å². The molecule has 0 saturated heterocycles. The average Bonchev–Trinajstić information content (AvgIpc) is 2.26. The SMILES string of the molecule is CC(C)C(N)C(=O)c1cc(F)c(C#N)c(F)c1.Cl. The number of nitrogens with zero attached hydrogens (tertiary/aromatic N) is 1. The molecule has 0 aliphatic carbocycles. The molecule has 0 aliphatic heterocycles. The lowest BCUT2D eigenvalue weighted by atomic mass is 9.95. The van der Waals surface area contributed by atoms with E-state index in [9.17, 15) is 13.6 Å². The third-order valence-electron chi connectivity index (χ3n) is 2.46. The Labute approximate surface area is 110 Å². The summed E-state index contributed by atoms with van der Waals surface area (Å²) in [6.07, 6.45) is 0. The highest BCUT2D eigenvalue weighted by atomic mass is 35.5. The number of carbonyl (C=O) groups excluding carboxylic acids is 1. The monoisotopic (exact) mass is 274 g/mol. The minimum Gasteiger partial charge on any atom is -0.321 e. The first-order valence-electron chi connectivity index (χ1n) is 5.07. The van der Waals surface area contributed by atoms with Gasteiger partial charge < -0.3 is 5.73 Å². The predicted molar refractivity (Wildman–Crippen MR) is 65.5 cm³/mol. The molecule has 0 bridgehead atoms. The van der Waals surface area contributed by atoms with E-state index >= 15 is 0 Å². The highest BCUT2D eigenvalue weighted by Crippen LogP contribution is 2.17. The predicted octanol–water partition coefficient (Wildman–Crippen LogP) is 2.42. The zero-order valence-electron chi connectivity index (χ0n) is 9.91. The van der Waals surface area contributed by atoms with Crippen molar-refractivity contribution >= 4 is 18.2 Å². The van der Waals surface area contributed by atoms with Crippen molar-refractivity contribution in [1.82, 2.24) is 0 Å². The molecular formula is C12H13ClF2N2O. The zero-order chi connectivity index (χ0) is 13.2. The number of carbonyl (C=O) groups is 1. The lowest BCUT2D eigenvalue weighted by molar-refractivity contribution is 0.0939. The minimum atomic E-state index is -1.05. The quantitative estimate of drug-likeness (QED) is 0.861. The van der Waals surface area contributed by atoms with Gasteiger partial charge in [0.25, 0.3) is 0 Å². The number of hydrogen-bond donors (Lipinski definition) is 1. The number of hydrogen-bond acceptors (Lipinski definition) is 3. The Kier molecular flexibility index (Phi) is 5.89. The number of ketones is 1. The summed E-state index contributed by atoms with van der Waals surface area (Å²) in [5.74, 6) is -2.77. The molecule has 6 heteroatoms. The molecule has 1 rings (SSSR count). The molecular weight excluding hydrogens is 262 g/mol. The van der Waals surface area contributed by atoms with Crippen molar-refractivity contribution in [2.45, 2.75) is 19.9 Å². The summed E-state index contributed by atoms with van der Waals surface area (Å²) in [4.78, 5) is 11.7. The van der Waals surface area contributed by atoms with Crippen LogP contribution in [0.25, 0.3) is 0 Å². The molecule has 18 heavy (non-hydrogen) atoms. The van der Waals surface area contributed by atoms with Crippen molar-refractivity contribution in [2.75, 3.05) is 0 Å². The van der Waals surface area contributed by atoms with Gasteiger partial charge in [0, 0.05) is 5.56 Å². The molecule has 1 atom stereocenters. The van der Waals surface area contributed by atoms with Crippen LogP contribution in [0.1, 0.15) is 29.8 Å². The third-order valence-corrected chi connectivity index (χ3v) is 2.46. The van der Waals surface area contributed by atoms with Gasteiger partial charge >= 0.3 is 0 Å². The van der Waals surface area contributed by atoms with Crippen molar-refractivity contribution in [1.29, 1.82) is 5.26 Å². The second-order valence-corrected chi connectivity index (χ2v) is 4.06. The summed E-state index contributed by atoms with van der Waals surface area (Å²) in [7, 11) is 0. The number of nitrogens with two attached hydrogens (primary N) is 1. The van der Waals surface area contributed by atoms with E-state index in [0.29, 0.717) is 0 Å². The van der Waals surface area contributed by atoms with E-state index in [1.807, 2.05) is 0 Å². The lowest BCUT2D eigenvalue weighted by Gasteiger charge is -2.14. The molecule has 3 nitrogen and oxygen atoms in total. The summed E-state index contributed by atoms with van der Waals surface area (Å²) in [6, 6.07) is 2.25. The Bertz CT molecular complexity index is 474. The molecule has 98 valence electrons. The zero-order valence-corrected chi connectivity index (χ0v) is 10.7. The number of nitriles is 1. The second kappa shape index (κ2) is 6.43. The first-order valence-corrected chi connectivity index (χ1v) is 5.07. The van der Waals surface area contributed by atoms with Gasteiger partial charge in [0.2, 0.25) is 0 Å². The van der Waals surface area contributed by atoms with Gasteiger partial charge in [0.05, 0.1) is 6.04 Å². The summed E-state index contributed by atoms with van der Waals surface area (Å²) in [6.45, 7) is 3.47. The summed E-state index contributed by atoms with van der Waals surface area (Å²) < 4.78 is 26.6. The second-order valence-electron chi connectivity index (χ2n) is 4.06. The van der Waals surface area contributed by atoms with E-state index in [0.717, 1.165) is 12.1 Å². The molecule has 0 aliphatic rings. The molecule has 1 aromatic rings. The molecule has 1 unspecified atom stereocenters. The van der Waals surface area contributed by atoms with Gasteiger partial charge in [-0.25, -0.2) is 8.78 Å². The van der Waals surface area contributed by atoms with Crippen molar-refractivity contribution in [3.8, 4) is 6.07 Å². The largest absolute Gasteiger partial charge is 0.321 e. The van der Waals surface area contributed by atoms with Crippen LogP contribution in [-0.4, -0.2) is 11.8 Å². The maximum absolute atomic E-state index is 13.3. The molecule has 0 radical (unpaired) electrons. The highest BCUT2D eigenvalue weighted by Gasteiger charge is 2.22. The van der Waals surface area contributed by atoms with E-state index in [4.69, 9.17) is 11.0 Å². The molecule has 0 saturated carbocycles. The van der Waals surface area contributed by atoms with Gasteiger partial charge in [-0.2, -0.15) is 5.26 Å². The van der Waals surface area contributed by atoms with Crippen LogP contribution < -0.4 is 5.73 Å². The number of rotatable bonds is 3. The lowest BCUT2D eigenvalue weighted by Crippen LogP contribution is -2.35. The summed E-state index contributed by atoms with van der Waals surface area (Å²) in [5.41, 5.74) is 4.76. The molecule has 0 fully saturated rings. The van der Waals surface area contributed by atoms with E-state index in [1.165, 1.54) is 6.07 Å². The molecule has 0 amide bonds. The van der Waals surface area contributed by atoms with Crippen LogP contribution in [0.5, 0.6) is 0 Å². The van der Waals surface area contributed by atoms with Crippen molar-refractivity contribution in [2.24, 2.45) is 11.7 Å². The summed E-state index contributed by atoms with van der Waals surface area (Å²) >= 11 is 0. The van der Waals surface area contributed by atoms with Gasteiger partial charge in [0.1, 0.15) is 23.3 Å². The summed E-state index contributed by atoms with van der Waals surface area (Å²) in [5, 5.41) is 8.49. The van der Waals surface area contributed by atoms with E-state index in [-0.39, 0.29) is 23.9 Å². The Morgan fingerprint density at radius 2 is 1.78 bits per heavy atom. The van der Waals surface area contributed by atoms with Crippen LogP contribution in [-0.2, 0) is 0 Å². The van der Waals surface area contributed by atoms with Crippen LogP contribution in [0.3, 0.4) is 0 Å². The first kappa shape index (κ1) is 16.5. The normalized spacial score (nSPS) is 11.6. The highest BCUT2D eigenvalue weighted by molar-refractivity contribution is 6.00. The minimum absolute atomic E-state index is 0. The standard InChI is InChI=1S/C12H12F2N2O.ClH/c1-6(2)11(16)12(17)7-3-9(13)8(5-15)10(14)4-7;/h3-4,6,11H,16H2,1-2H3;1H. The van der Waals surface area contributed by atoms with Gasteiger partial charge in [-0.1, -0.05) is 13.8 Å². The fourth-order valence-corrected chi connectivity index (χ4v) is 1.32. The fraction of sp³-hybridized carbons (Fsp3) is 0.333. The van der Waals surface area contributed by atoms with Gasteiger partial charge in [-0.3, -0.25) is 4.79 Å². The Morgan fingerprint density at radius 1 is 1.33 bits per heavy atom. The van der Waals surface area contributed by atoms with Gasteiger partial charge in [-0.15, -0.1) is 12.4 Å². The molecule has 0 spiro atoms. The van der Waals surface area contributed by atoms with Crippen LogP contribution in [0, 0.1) is 28.9 Å². The Morgan fingerprint density at radius 3 is 2.11 bits per heavy atom. The van der Waals surface area contributed by atoms with Crippen molar-refractivity contribution in [3.63, 3.8) is 0 Å². The molecule has 2 N–H and O–H groups in total. The van der Waals surface area contributed by atoms with Crippen LogP contribution in [0.15, 0.2) is 12.1 Å². The molecule has 0 aromatic heterocycles. The maximum atomic E-state index is 13.3. The number of Topliss-reactive ketones (excluding diaryl/α,β-unsaturated/α-hetero) is 1. The molecule has 0 heterocycles. The van der Waals surface area contributed by atoms with Gasteiger partial charge in [0.15, 0.2) is 5.78 Å². The van der Waals surface area contributed by atoms with Crippen LogP contribution >= 0.6 is 12.4 Å². The maximum Gasteiger partial charge on any atom is 0.179 e. The van der Waals surface area contributed by atoms with Crippen molar-refractivity contribution in [3.05, 3.63) is 34.9 Å². The Balaban J connectivity index is 0.00000289. The van der Waals surface area contributed by atoms with Crippen LogP contribution in [0.2, 0.25) is 0 Å². The molecule has 1 aromatic carbocycles. The number of halogens is 3. The number of benzene rings is 1. The van der Waals surface area contributed by atoms with Crippen molar-refractivity contribution < 1.29 is 13.6 Å². The Hall–Kier alpha value is -1.51. The van der Waals surface area contributed by atoms with E-state index in [2.05, 4.69) is 0 Å². The smallest absolute Gasteiger partial charge is 0.179 e.